The molecule has 1 aliphatic rings. The molecule has 2 aromatic heterocycles. The minimum atomic E-state index is -3.12. The molecule has 0 aromatic carbocycles. The average molecular weight is 398 g/mol. The Morgan fingerprint density at radius 3 is 2.74 bits per heavy atom. The molecule has 3 heterocycles. The van der Waals surface area contributed by atoms with Crippen LogP contribution < -0.4 is 16.4 Å². The van der Waals surface area contributed by atoms with Crippen LogP contribution in [-0.2, 0) is 5.92 Å². The number of nitrogen functional groups attached to an aromatic ring is 1. The number of alkyl halides is 2. The zero-order valence-corrected chi connectivity index (χ0v) is 16.4. The van der Waals surface area contributed by atoms with Crippen LogP contribution in [0, 0.1) is 5.41 Å². The first-order valence-electron chi connectivity index (χ1n) is 8.82. The van der Waals surface area contributed by atoms with Crippen LogP contribution in [0.2, 0.25) is 0 Å². The zero-order valence-electron chi connectivity index (χ0n) is 15.6. The normalized spacial score (nSPS) is 20.2. The summed E-state index contributed by atoms with van der Waals surface area (Å²) in [7, 11) is 0. The Hall–Kier alpha value is -2.00. The van der Waals surface area contributed by atoms with Crippen molar-refractivity contribution in [3.8, 4) is 0 Å². The number of nitrogens with two attached hydrogens (primary N) is 2. The quantitative estimate of drug-likeness (QED) is 0.734. The SMILES string of the molecule is CCC(F)(F)c1cc(N2CCC(O)C(C)(C)C2)nc2sc(C(N)=O)c(N)c12. The molecular weight excluding hydrogens is 374 g/mol. The lowest BCUT2D eigenvalue weighted by Gasteiger charge is -2.42. The van der Waals surface area contributed by atoms with Gasteiger partial charge in [0.25, 0.3) is 11.8 Å². The molecular formula is C18H24F2N4O2S. The molecule has 1 unspecified atom stereocenters. The number of piperidine rings is 1. The van der Waals surface area contributed by atoms with E-state index in [4.69, 9.17) is 11.5 Å². The molecule has 1 atom stereocenters. The Morgan fingerprint density at radius 2 is 2.19 bits per heavy atom. The van der Waals surface area contributed by atoms with Crippen molar-refractivity contribution in [2.45, 2.75) is 45.6 Å². The molecule has 5 N–H and O–H groups in total. The molecule has 1 fully saturated rings. The Balaban J connectivity index is 2.20. The number of nitrogens with zero attached hydrogens (tertiary/aromatic N) is 2. The second-order valence-corrected chi connectivity index (χ2v) is 8.69. The highest BCUT2D eigenvalue weighted by molar-refractivity contribution is 7.21. The van der Waals surface area contributed by atoms with Gasteiger partial charge in [-0.3, -0.25) is 4.79 Å². The van der Waals surface area contributed by atoms with E-state index >= 15 is 0 Å². The average Bonchev–Trinajstić information content (AvgIpc) is 2.93. The summed E-state index contributed by atoms with van der Waals surface area (Å²) < 4.78 is 29.4. The van der Waals surface area contributed by atoms with Crippen LogP contribution in [0.5, 0.6) is 0 Å². The predicted octanol–water partition coefficient (Wildman–Crippen LogP) is 3.08. The van der Waals surface area contributed by atoms with E-state index in [1.165, 1.54) is 13.0 Å². The van der Waals surface area contributed by atoms with Crippen LogP contribution in [-0.4, -0.2) is 35.2 Å². The predicted molar refractivity (Wildman–Crippen MR) is 103 cm³/mol. The van der Waals surface area contributed by atoms with Crippen molar-refractivity contribution in [1.29, 1.82) is 0 Å². The van der Waals surface area contributed by atoms with E-state index in [9.17, 15) is 18.7 Å². The number of halogens is 2. The van der Waals surface area contributed by atoms with Gasteiger partial charge < -0.3 is 21.5 Å². The van der Waals surface area contributed by atoms with Gasteiger partial charge in [-0.25, -0.2) is 13.8 Å². The van der Waals surface area contributed by atoms with E-state index in [2.05, 4.69) is 4.98 Å². The van der Waals surface area contributed by atoms with E-state index in [0.717, 1.165) is 11.3 Å². The van der Waals surface area contributed by atoms with E-state index in [0.29, 0.717) is 25.3 Å². The Bertz CT molecular complexity index is 897. The monoisotopic (exact) mass is 398 g/mol. The number of aliphatic hydroxyl groups is 1. The highest BCUT2D eigenvalue weighted by atomic mass is 32.1. The van der Waals surface area contributed by atoms with Crippen molar-refractivity contribution in [3.05, 3.63) is 16.5 Å². The summed E-state index contributed by atoms with van der Waals surface area (Å²) in [4.78, 5) is 18.3. The van der Waals surface area contributed by atoms with Crippen LogP contribution in [0.4, 0.5) is 20.3 Å². The Morgan fingerprint density at radius 1 is 1.52 bits per heavy atom. The van der Waals surface area contributed by atoms with Crippen molar-refractivity contribution in [3.63, 3.8) is 0 Å². The second-order valence-electron chi connectivity index (χ2n) is 7.69. The van der Waals surface area contributed by atoms with Crippen molar-refractivity contribution < 1.29 is 18.7 Å². The van der Waals surface area contributed by atoms with Gasteiger partial charge in [-0.05, 0) is 12.5 Å². The minimum Gasteiger partial charge on any atom is -0.397 e. The number of fused-ring (bicyclic) bond motifs is 1. The summed E-state index contributed by atoms with van der Waals surface area (Å²) in [5, 5.41) is 10.3. The fourth-order valence-electron chi connectivity index (χ4n) is 3.47. The largest absolute Gasteiger partial charge is 0.397 e. The maximum absolute atomic E-state index is 14.7. The molecule has 0 saturated carbocycles. The Kier molecular flexibility index (Phi) is 4.80. The molecule has 3 rings (SSSR count). The fourth-order valence-corrected chi connectivity index (χ4v) is 4.44. The van der Waals surface area contributed by atoms with Gasteiger partial charge in [-0.2, -0.15) is 0 Å². The van der Waals surface area contributed by atoms with Crippen LogP contribution in [0.25, 0.3) is 10.2 Å². The number of hydrogen-bond acceptors (Lipinski definition) is 6. The number of aliphatic hydroxyl groups excluding tert-OH is 1. The number of aromatic nitrogens is 1. The van der Waals surface area contributed by atoms with Gasteiger partial charge in [0.1, 0.15) is 15.5 Å². The number of anilines is 2. The van der Waals surface area contributed by atoms with Gasteiger partial charge in [0.15, 0.2) is 0 Å². The molecule has 1 aliphatic heterocycles. The third kappa shape index (κ3) is 3.34. The zero-order chi connectivity index (χ0) is 20.1. The fraction of sp³-hybridized carbons (Fsp3) is 0.556. The number of pyridine rings is 1. The van der Waals surface area contributed by atoms with E-state index < -0.39 is 29.8 Å². The maximum Gasteiger partial charge on any atom is 0.273 e. The summed E-state index contributed by atoms with van der Waals surface area (Å²) >= 11 is 0.931. The number of amides is 1. The molecule has 0 radical (unpaired) electrons. The summed E-state index contributed by atoms with van der Waals surface area (Å²) in [5.74, 6) is -3.49. The molecule has 6 nitrogen and oxygen atoms in total. The van der Waals surface area contributed by atoms with Crippen molar-refractivity contribution >= 4 is 39.0 Å². The van der Waals surface area contributed by atoms with Crippen LogP contribution in [0.3, 0.4) is 0 Å². The summed E-state index contributed by atoms with van der Waals surface area (Å²) in [6, 6.07) is 1.35. The molecule has 1 amide bonds. The van der Waals surface area contributed by atoms with E-state index in [-0.39, 0.29) is 26.3 Å². The van der Waals surface area contributed by atoms with Gasteiger partial charge >= 0.3 is 0 Å². The van der Waals surface area contributed by atoms with Gasteiger partial charge in [-0.15, -0.1) is 11.3 Å². The lowest BCUT2D eigenvalue weighted by atomic mass is 9.81. The van der Waals surface area contributed by atoms with Crippen molar-refractivity contribution in [1.82, 2.24) is 4.98 Å². The van der Waals surface area contributed by atoms with Gasteiger partial charge in [0.05, 0.1) is 11.8 Å². The van der Waals surface area contributed by atoms with Gasteiger partial charge in [-0.1, -0.05) is 20.8 Å². The summed E-state index contributed by atoms with van der Waals surface area (Å²) in [6.45, 7) is 6.23. The molecule has 27 heavy (non-hydrogen) atoms. The molecule has 1 saturated heterocycles. The number of primary amides is 1. The first-order chi connectivity index (χ1) is 12.5. The molecule has 0 bridgehead atoms. The lowest BCUT2D eigenvalue weighted by molar-refractivity contribution is -0.00677. The van der Waals surface area contributed by atoms with Crippen molar-refractivity contribution in [2.24, 2.45) is 11.1 Å². The first kappa shape index (κ1) is 19.8. The van der Waals surface area contributed by atoms with Gasteiger partial charge in [0.2, 0.25) is 0 Å². The summed E-state index contributed by atoms with van der Waals surface area (Å²) in [5.41, 5.74) is 10.6. The van der Waals surface area contributed by atoms with Crippen molar-refractivity contribution in [2.75, 3.05) is 23.7 Å². The second kappa shape index (κ2) is 6.56. The third-order valence-corrected chi connectivity index (χ3v) is 6.36. The van der Waals surface area contributed by atoms with Crippen LogP contribution in [0.15, 0.2) is 6.07 Å². The number of hydrogen-bond donors (Lipinski definition) is 3. The Labute approximate surface area is 160 Å². The van der Waals surface area contributed by atoms with E-state index in [1.807, 2.05) is 18.7 Å². The molecule has 0 aliphatic carbocycles. The number of carbonyl (C=O) groups excluding carboxylic acids is 1. The summed E-state index contributed by atoms with van der Waals surface area (Å²) in [6.07, 6.45) is -0.352. The van der Waals surface area contributed by atoms with Crippen LogP contribution >= 0.6 is 11.3 Å². The molecule has 9 heteroatoms. The minimum absolute atomic E-state index is 0.0391. The number of carbonyl (C=O) groups is 1. The smallest absolute Gasteiger partial charge is 0.273 e. The molecule has 148 valence electrons. The maximum atomic E-state index is 14.7. The number of rotatable bonds is 4. The number of thiophene rings is 1. The topological polar surface area (TPSA) is 105 Å². The standard InChI is InChI=1S/C18H24F2N4O2S/c1-4-18(19,20)9-7-11(24-6-5-10(25)17(2,3)8-24)23-16-12(9)13(21)14(27-16)15(22)26/h7,10,25H,4-6,8,21H2,1-3H3,(H2,22,26). The highest BCUT2D eigenvalue weighted by Gasteiger charge is 2.38. The molecule has 2 aromatic rings. The third-order valence-electron chi connectivity index (χ3n) is 5.24. The first-order valence-corrected chi connectivity index (χ1v) is 9.63. The highest BCUT2D eigenvalue weighted by Crippen LogP contribution is 2.44. The van der Waals surface area contributed by atoms with Gasteiger partial charge in [0, 0.05) is 35.9 Å². The van der Waals surface area contributed by atoms with E-state index in [1.54, 1.807) is 0 Å². The lowest BCUT2D eigenvalue weighted by Crippen LogP contribution is -2.49. The van der Waals surface area contributed by atoms with Crippen LogP contribution in [0.1, 0.15) is 48.8 Å². The molecule has 0 spiro atoms.